The molecule has 1 atom stereocenters. The van der Waals surface area contributed by atoms with E-state index in [2.05, 4.69) is 56.5 Å². The van der Waals surface area contributed by atoms with Gasteiger partial charge in [0.15, 0.2) is 0 Å². The minimum absolute atomic E-state index is 0.00193. The van der Waals surface area contributed by atoms with E-state index in [9.17, 15) is 4.79 Å². The molecule has 0 aliphatic carbocycles. The van der Waals surface area contributed by atoms with Gasteiger partial charge in [-0.3, -0.25) is 14.7 Å². The van der Waals surface area contributed by atoms with Gasteiger partial charge in [0.1, 0.15) is 0 Å². The summed E-state index contributed by atoms with van der Waals surface area (Å²) < 4.78 is 5.25. The maximum absolute atomic E-state index is 12.3. The van der Waals surface area contributed by atoms with Crippen molar-refractivity contribution in [2.24, 2.45) is 0 Å². The lowest BCUT2D eigenvalue weighted by molar-refractivity contribution is -0.121. The maximum Gasteiger partial charge on any atom is 0.227 e. The summed E-state index contributed by atoms with van der Waals surface area (Å²) in [5.41, 5.74) is 3.67. The van der Waals surface area contributed by atoms with E-state index in [-0.39, 0.29) is 11.9 Å². The van der Waals surface area contributed by atoms with Crippen LogP contribution in [0.5, 0.6) is 0 Å². The number of benzene rings is 1. The normalized spacial score (nSPS) is 14.9. The van der Waals surface area contributed by atoms with Crippen molar-refractivity contribution in [3.8, 4) is 11.4 Å². The molecule has 1 N–H and O–H groups in total. The van der Waals surface area contributed by atoms with Crippen molar-refractivity contribution < 1.29 is 9.32 Å². The van der Waals surface area contributed by atoms with Gasteiger partial charge in [0.05, 0.1) is 0 Å². The number of aryl methyl sites for hydroxylation is 1. The highest BCUT2D eigenvalue weighted by atomic mass is 16.5. The molecular formula is C22H25N5O2. The van der Waals surface area contributed by atoms with Crippen LogP contribution < -0.4 is 5.32 Å². The zero-order chi connectivity index (χ0) is 20.1. The first kappa shape index (κ1) is 19.3. The Morgan fingerprint density at radius 2 is 2.00 bits per heavy atom. The molecule has 0 fully saturated rings. The van der Waals surface area contributed by atoms with Gasteiger partial charge in [-0.25, -0.2) is 0 Å². The van der Waals surface area contributed by atoms with Crippen LogP contribution in [0.3, 0.4) is 0 Å². The molecule has 4 rings (SSSR count). The number of carbonyl (C=O) groups excluding carboxylic acids is 1. The highest BCUT2D eigenvalue weighted by Crippen LogP contribution is 2.20. The Kier molecular flexibility index (Phi) is 5.95. The van der Waals surface area contributed by atoms with Crippen LogP contribution in [0.25, 0.3) is 11.4 Å². The van der Waals surface area contributed by atoms with Crippen LogP contribution in [0.1, 0.15) is 30.4 Å². The Bertz CT molecular complexity index is 957. The lowest BCUT2D eigenvalue weighted by atomic mass is 9.99. The van der Waals surface area contributed by atoms with Crippen molar-refractivity contribution in [2.45, 2.75) is 38.8 Å². The van der Waals surface area contributed by atoms with E-state index >= 15 is 0 Å². The molecule has 3 aromatic rings. The number of rotatable bonds is 7. The molecule has 1 amide bonds. The van der Waals surface area contributed by atoms with Gasteiger partial charge in [-0.15, -0.1) is 0 Å². The number of aromatic nitrogens is 3. The van der Waals surface area contributed by atoms with Gasteiger partial charge in [0, 0.05) is 56.5 Å². The Labute approximate surface area is 170 Å². The molecule has 1 aliphatic rings. The number of nitrogens with zero attached hydrogens (tertiary/aromatic N) is 4. The second-order valence-corrected chi connectivity index (χ2v) is 7.39. The number of fused-ring (bicyclic) bond motifs is 1. The van der Waals surface area contributed by atoms with Gasteiger partial charge >= 0.3 is 0 Å². The van der Waals surface area contributed by atoms with Crippen LogP contribution in [0, 0.1) is 0 Å². The molecule has 150 valence electrons. The summed E-state index contributed by atoms with van der Waals surface area (Å²) in [6, 6.07) is 12.5. The number of hydrogen-bond donors (Lipinski definition) is 1. The predicted molar refractivity (Wildman–Crippen MR) is 109 cm³/mol. The zero-order valence-corrected chi connectivity index (χ0v) is 16.5. The van der Waals surface area contributed by atoms with Gasteiger partial charge in [0.2, 0.25) is 17.6 Å². The molecule has 29 heavy (non-hydrogen) atoms. The molecule has 7 heteroatoms. The van der Waals surface area contributed by atoms with E-state index in [4.69, 9.17) is 4.52 Å². The standard InChI is InChI=1S/C22H25N5O2/c1-16(27-13-10-17-4-2-3-5-19(17)15-27)14-24-20(28)6-7-21-25-22(26-29-21)18-8-11-23-12-9-18/h2-5,8-9,11-12,16H,6-7,10,13-15H2,1H3,(H,24,28). The average molecular weight is 391 g/mol. The molecule has 7 nitrogen and oxygen atoms in total. The molecule has 3 heterocycles. The Morgan fingerprint density at radius 3 is 2.83 bits per heavy atom. The molecule has 0 saturated heterocycles. The fourth-order valence-corrected chi connectivity index (χ4v) is 3.57. The largest absolute Gasteiger partial charge is 0.355 e. The van der Waals surface area contributed by atoms with Crippen molar-refractivity contribution in [1.82, 2.24) is 25.3 Å². The summed E-state index contributed by atoms with van der Waals surface area (Å²) in [5.74, 6) is 0.979. The second kappa shape index (κ2) is 8.96. The zero-order valence-electron chi connectivity index (χ0n) is 16.5. The molecule has 0 spiro atoms. The van der Waals surface area contributed by atoms with Gasteiger partial charge in [-0.2, -0.15) is 4.98 Å². The number of amides is 1. The van der Waals surface area contributed by atoms with Crippen LogP contribution in [0.15, 0.2) is 53.3 Å². The Hall–Kier alpha value is -3.06. The number of hydrogen-bond acceptors (Lipinski definition) is 6. The second-order valence-electron chi connectivity index (χ2n) is 7.39. The monoisotopic (exact) mass is 391 g/mol. The van der Waals surface area contributed by atoms with E-state index in [0.29, 0.717) is 31.1 Å². The fourth-order valence-electron chi connectivity index (χ4n) is 3.57. The summed E-state index contributed by atoms with van der Waals surface area (Å²) in [6.45, 7) is 4.75. The van der Waals surface area contributed by atoms with Crippen molar-refractivity contribution in [2.75, 3.05) is 13.1 Å². The topological polar surface area (TPSA) is 84.2 Å². The van der Waals surface area contributed by atoms with Gasteiger partial charge < -0.3 is 9.84 Å². The third kappa shape index (κ3) is 4.86. The van der Waals surface area contributed by atoms with Crippen molar-refractivity contribution in [1.29, 1.82) is 0 Å². The van der Waals surface area contributed by atoms with E-state index in [0.717, 1.165) is 25.1 Å². The fraction of sp³-hybridized carbons (Fsp3) is 0.364. The highest BCUT2D eigenvalue weighted by Gasteiger charge is 2.20. The predicted octanol–water partition coefficient (Wildman–Crippen LogP) is 2.63. The van der Waals surface area contributed by atoms with Gasteiger partial charge in [0.25, 0.3) is 0 Å². The van der Waals surface area contributed by atoms with Crippen LogP contribution in [0.4, 0.5) is 0 Å². The first-order chi connectivity index (χ1) is 14.2. The Morgan fingerprint density at radius 1 is 1.21 bits per heavy atom. The number of pyridine rings is 1. The number of nitrogens with one attached hydrogen (secondary N) is 1. The lowest BCUT2D eigenvalue weighted by Gasteiger charge is -2.33. The van der Waals surface area contributed by atoms with Crippen LogP contribution in [-0.4, -0.2) is 45.1 Å². The van der Waals surface area contributed by atoms with Crippen LogP contribution >= 0.6 is 0 Å². The minimum Gasteiger partial charge on any atom is -0.355 e. The molecule has 0 bridgehead atoms. The van der Waals surface area contributed by atoms with E-state index in [1.807, 2.05) is 12.1 Å². The SMILES string of the molecule is CC(CNC(=O)CCc1nc(-c2ccncc2)no1)N1CCc2ccccc2C1. The Balaban J connectivity index is 1.22. The summed E-state index contributed by atoms with van der Waals surface area (Å²) in [5, 5.41) is 7.00. The molecule has 1 aromatic carbocycles. The third-order valence-corrected chi connectivity index (χ3v) is 5.35. The minimum atomic E-state index is -0.00193. The average Bonchev–Trinajstić information content (AvgIpc) is 3.25. The van der Waals surface area contributed by atoms with Crippen molar-refractivity contribution >= 4 is 5.91 Å². The van der Waals surface area contributed by atoms with Crippen LogP contribution in [-0.2, 0) is 24.2 Å². The maximum atomic E-state index is 12.3. The first-order valence-electron chi connectivity index (χ1n) is 9.99. The molecule has 2 aromatic heterocycles. The third-order valence-electron chi connectivity index (χ3n) is 5.35. The summed E-state index contributed by atoms with van der Waals surface area (Å²) in [7, 11) is 0. The molecule has 1 unspecified atom stereocenters. The first-order valence-corrected chi connectivity index (χ1v) is 9.99. The molecule has 0 saturated carbocycles. The van der Waals surface area contributed by atoms with Gasteiger partial charge in [-0.05, 0) is 36.6 Å². The molecule has 1 aliphatic heterocycles. The quantitative estimate of drug-likeness (QED) is 0.667. The van der Waals surface area contributed by atoms with Crippen molar-refractivity contribution in [3.63, 3.8) is 0 Å². The highest BCUT2D eigenvalue weighted by molar-refractivity contribution is 5.76. The van der Waals surface area contributed by atoms with E-state index in [1.165, 1.54) is 11.1 Å². The van der Waals surface area contributed by atoms with E-state index in [1.54, 1.807) is 12.4 Å². The van der Waals surface area contributed by atoms with E-state index < -0.39 is 0 Å². The van der Waals surface area contributed by atoms with Crippen molar-refractivity contribution in [3.05, 3.63) is 65.8 Å². The van der Waals surface area contributed by atoms with Crippen LogP contribution in [0.2, 0.25) is 0 Å². The summed E-state index contributed by atoms with van der Waals surface area (Å²) >= 11 is 0. The summed E-state index contributed by atoms with van der Waals surface area (Å²) in [6.07, 6.45) is 5.18. The number of carbonyl (C=O) groups is 1. The smallest absolute Gasteiger partial charge is 0.227 e. The summed E-state index contributed by atoms with van der Waals surface area (Å²) in [4.78, 5) is 23.0. The lowest BCUT2D eigenvalue weighted by Crippen LogP contribution is -2.44. The molecular weight excluding hydrogens is 366 g/mol. The molecule has 0 radical (unpaired) electrons. The van der Waals surface area contributed by atoms with Gasteiger partial charge in [-0.1, -0.05) is 29.4 Å².